The van der Waals surface area contributed by atoms with E-state index in [1.165, 1.54) is 19.3 Å². The van der Waals surface area contributed by atoms with Gasteiger partial charge in [0.2, 0.25) is 11.8 Å². The number of carbonyl (C=O) groups excluding carboxylic acids is 2. The number of hydrogen-bond acceptors (Lipinski definition) is 4. The summed E-state index contributed by atoms with van der Waals surface area (Å²) in [5.41, 5.74) is -0.0116. The molecule has 0 aromatic heterocycles. The summed E-state index contributed by atoms with van der Waals surface area (Å²) in [6.07, 6.45) is -0.490. The summed E-state index contributed by atoms with van der Waals surface area (Å²) in [4.78, 5) is 26.9. The van der Waals surface area contributed by atoms with Crippen LogP contribution < -0.4 is 10.1 Å². The summed E-state index contributed by atoms with van der Waals surface area (Å²) in [6.45, 7) is 1.15. The lowest BCUT2D eigenvalue weighted by Gasteiger charge is -2.30. The third-order valence-corrected chi connectivity index (χ3v) is 5.51. The number of amides is 2. The van der Waals surface area contributed by atoms with Crippen molar-refractivity contribution < 1.29 is 32.2 Å². The molecule has 1 saturated heterocycles. The van der Waals surface area contributed by atoms with Crippen LogP contribution in [-0.2, 0) is 20.5 Å². The SMILES string of the molecule is COCCOc1ccc(C(F)(F)F)cc1NC(=O)C1CCN(C(=O)/C=C/c2ccccc2)CC1. The maximum Gasteiger partial charge on any atom is 0.416 e. The first-order chi connectivity index (χ1) is 16.3. The highest BCUT2D eigenvalue weighted by molar-refractivity contribution is 5.95. The van der Waals surface area contributed by atoms with E-state index in [1.807, 2.05) is 30.3 Å². The molecule has 3 rings (SSSR count). The molecule has 9 heteroatoms. The third kappa shape index (κ3) is 7.08. The zero-order valence-corrected chi connectivity index (χ0v) is 18.8. The molecule has 1 N–H and O–H groups in total. The van der Waals surface area contributed by atoms with Crippen LogP contribution in [0.15, 0.2) is 54.6 Å². The Labute approximate surface area is 196 Å². The molecule has 2 aromatic carbocycles. The summed E-state index contributed by atoms with van der Waals surface area (Å²) in [5.74, 6) is -0.835. The smallest absolute Gasteiger partial charge is 0.416 e. The number of halogens is 3. The van der Waals surface area contributed by atoms with Gasteiger partial charge in [-0.15, -0.1) is 0 Å². The van der Waals surface area contributed by atoms with Crippen LogP contribution in [0.4, 0.5) is 18.9 Å². The predicted molar refractivity (Wildman–Crippen MR) is 122 cm³/mol. The van der Waals surface area contributed by atoms with Gasteiger partial charge in [-0.3, -0.25) is 9.59 Å². The van der Waals surface area contributed by atoms with Gasteiger partial charge >= 0.3 is 6.18 Å². The highest BCUT2D eigenvalue weighted by Gasteiger charge is 2.32. The molecular formula is C25H27F3N2O4. The van der Waals surface area contributed by atoms with Crippen molar-refractivity contribution in [2.75, 3.05) is 38.7 Å². The van der Waals surface area contributed by atoms with Gasteiger partial charge in [-0.05, 0) is 42.7 Å². The molecule has 0 spiro atoms. The van der Waals surface area contributed by atoms with Crippen molar-refractivity contribution >= 4 is 23.6 Å². The molecule has 6 nitrogen and oxygen atoms in total. The molecule has 1 fully saturated rings. The minimum atomic E-state index is -4.55. The second-order valence-electron chi connectivity index (χ2n) is 7.88. The van der Waals surface area contributed by atoms with E-state index in [4.69, 9.17) is 9.47 Å². The fraction of sp³-hybridized carbons (Fsp3) is 0.360. The summed E-state index contributed by atoms with van der Waals surface area (Å²) >= 11 is 0. The van der Waals surface area contributed by atoms with Gasteiger partial charge in [0.05, 0.1) is 17.9 Å². The van der Waals surface area contributed by atoms with Gasteiger partial charge in [-0.2, -0.15) is 13.2 Å². The van der Waals surface area contributed by atoms with Crippen molar-refractivity contribution in [3.63, 3.8) is 0 Å². The Bertz CT molecular complexity index is 1000. The number of piperidine rings is 1. The van der Waals surface area contributed by atoms with Crippen molar-refractivity contribution in [2.45, 2.75) is 19.0 Å². The molecule has 0 radical (unpaired) electrons. The average Bonchev–Trinajstić information content (AvgIpc) is 2.83. The van der Waals surface area contributed by atoms with E-state index in [2.05, 4.69) is 5.32 Å². The molecule has 0 aliphatic carbocycles. The number of hydrogen-bond donors (Lipinski definition) is 1. The van der Waals surface area contributed by atoms with E-state index in [9.17, 15) is 22.8 Å². The van der Waals surface area contributed by atoms with E-state index in [1.54, 1.807) is 11.0 Å². The molecule has 1 heterocycles. The fourth-order valence-corrected chi connectivity index (χ4v) is 3.60. The van der Waals surface area contributed by atoms with Crippen LogP contribution in [0.25, 0.3) is 6.08 Å². The normalized spacial score (nSPS) is 14.9. The van der Waals surface area contributed by atoms with Gasteiger partial charge in [-0.1, -0.05) is 30.3 Å². The van der Waals surface area contributed by atoms with Gasteiger partial charge < -0.3 is 19.7 Å². The highest BCUT2D eigenvalue weighted by Crippen LogP contribution is 2.35. The number of nitrogens with one attached hydrogen (secondary N) is 1. The van der Waals surface area contributed by atoms with Crippen molar-refractivity contribution in [1.82, 2.24) is 4.90 Å². The first kappa shape index (κ1) is 25.3. The van der Waals surface area contributed by atoms with Gasteiger partial charge in [-0.25, -0.2) is 0 Å². The number of anilines is 1. The number of likely N-dealkylation sites (tertiary alicyclic amines) is 1. The molecule has 182 valence electrons. The third-order valence-electron chi connectivity index (χ3n) is 5.51. The number of rotatable bonds is 8. The van der Waals surface area contributed by atoms with Gasteiger partial charge in [0.15, 0.2) is 0 Å². The zero-order chi connectivity index (χ0) is 24.6. The Morgan fingerprint density at radius 2 is 1.79 bits per heavy atom. The zero-order valence-electron chi connectivity index (χ0n) is 18.8. The monoisotopic (exact) mass is 476 g/mol. The van der Waals surface area contributed by atoms with Gasteiger partial charge in [0.1, 0.15) is 12.4 Å². The van der Waals surface area contributed by atoms with Crippen molar-refractivity contribution in [1.29, 1.82) is 0 Å². The maximum absolute atomic E-state index is 13.2. The summed E-state index contributed by atoms with van der Waals surface area (Å²) < 4.78 is 49.9. The number of carbonyl (C=O) groups is 2. The lowest BCUT2D eigenvalue weighted by molar-refractivity contribution is -0.137. The van der Waals surface area contributed by atoms with Crippen LogP contribution in [0.5, 0.6) is 5.75 Å². The Kier molecular flexibility index (Phi) is 8.70. The Balaban J connectivity index is 1.60. The lowest BCUT2D eigenvalue weighted by atomic mass is 9.95. The minimum Gasteiger partial charge on any atom is -0.489 e. The van der Waals surface area contributed by atoms with Crippen molar-refractivity contribution in [2.24, 2.45) is 5.92 Å². The average molecular weight is 476 g/mol. The molecule has 2 amide bonds. The second kappa shape index (κ2) is 11.7. The quantitative estimate of drug-likeness (QED) is 0.446. The fourth-order valence-electron chi connectivity index (χ4n) is 3.60. The molecule has 34 heavy (non-hydrogen) atoms. The molecule has 2 aromatic rings. The van der Waals surface area contributed by atoms with Crippen LogP contribution in [0, 0.1) is 5.92 Å². The molecular weight excluding hydrogens is 449 g/mol. The summed E-state index contributed by atoms with van der Waals surface area (Å²) in [5, 5.41) is 2.59. The number of ether oxygens (including phenoxy) is 2. The van der Waals surface area contributed by atoms with E-state index in [-0.39, 0.29) is 30.6 Å². The molecule has 0 unspecified atom stereocenters. The van der Waals surface area contributed by atoms with E-state index < -0.39 is 23.6 Å². The minimum absolute atomic E-state index is 0.0415. The van der Waals surface area contributed by atoms with E-state index in [0.29, 0.717) is 25.9 Å². The predicted octanol–water partition coefficient (Wildman–Crippen LogP) is 4.62. The van der Waals surface area contributed by atoms with Crippen LogP contribution in [-0.4, -0.2) is 50.1 Å². The second-order valence-corrected chi connectivity index (χ2v) is 7.88. The number of nitrogens with zero attached hydrogens (tertiary/aromatic N) is 1. The van der Waals surface area contributed by atoms with Crippen LogP contribution in [0.3, 0.4) is 0 Å². The van der Waals surface area contributed by atoms with Crippen molar-refractivity contribution in [3.8, 4) is 5.75 Å². The maximum atomic E-state index is 13.2. The van der Waals surface area contributed by atoms with Crippen molar-refractivity contribution in [3.05, 3.63) is 65.7 Å². The molecule has 0 bridgehead atoms. The van der Waals surface area contributed by atoms with Gasteiger partial charge in [0.25, 0.3) is 0 Å². The Morgan fingerprint density at radius 1 is 1.09 bits per heavy atom. The van der Waals surface area contributed by atoms with Gasteiger partial charge in [0, 0.05) is 32.2 Å². The summed E-state index contributed by atoms with van der Waals surface area (Å²) in [6, 6.07) is 12.4. The lowest BCUT2D eigenvalue weighted by Crippen LogP contribution is -2.40. The number of methoxy groups -OCH3 is 1. The number of alkyl halides is 3. The summed E-state index contributed by atoms with van der Waals surface area (Å²) in [7, 11) is 1.48. The first-order valence-electron chi connectivity index (χ1n) is 10.9. The van der Waals surface area contributed by atoms with E-state index in [0.717, 1.165) is 17.7 Å². The largest absolute Gasteiger partial charge is 0.489 e. The molecule has 0 saturated carbocycles. The standard InChI is InChI=1S/C25H27F3N2O4/c1-33-15-16-34-22-9-8-20(25(26,27)28)17-21(22)29-24(32)19-11-13-30(14-12-19)23(31)10-7-18-5-3-2-4-6-18/h2-10,17,19H,11-16H2,1H3,(H,29,32)/b10-7+. The van der Waals surface area contributed by atoms with Crippen LogP contribution >= 0.6 is 0 Å². The molecule has 1 aliphatic heterocycles. The van der Waals surface area contributed by atoms with E-state index >= 15 is 0 Å². The Hall–Kier alpha value is -3.33. The Morgan fingerprint density at radius 3 is 2.44 bits per heavy atom. The molecule has 1 aliphatic rings. The molecule has 0 atom stereocenters. The topological polar surface area (TPSA) is 67.9 Å². The highest BCUT2D eigenvalue weighted by atomic mass is 19.4. The van der Waals surface area contributed by atoms with Crippen LogP contribution in [0.2, 0.25) is 0 Å². The number of benzene rings is 2. The first-order valence-corrected chi connectivity index (χ1v) is 10.9. The van der Waals surface area contributed by atoms with Crippen LogP contribution in [0.1, 0.15) is 24.0 Å².